The van der Waals surface area contributed by atoms with Gasteiger partial charge in [-0.05, 0) is 42.9 Å². The van der Waals surface area contributed by atoms with Crippen LogP contribution in [0.3, 0.4) is 0 Å². The predicted molar refractivity (Wildman–Crippen MR) is 74.7 cm³/mol. The molecule has 19 heavy (non-hydrogen) atoms. The molecule has 4 N–H and O–H groups in total. The quantitative estimate of drug-likeness (QED) is 0.732. The summed E-state index contributed by atoms with van der Waals surface area (Å²) in [6.45, 7) is 2.89. The van der Waals surface area contributed by atoms with E-state index in [4.69, 9.17) is 5.73 Å². The van der Waals surface area contributed by atoms with Gasteiger partial charge in [-0.1, -0.05) is 6.92 Å². The van der Waals surface area contributed by atoms with Crippen LogP contribution in [0.2, 0.25) is 0 Å². The number of nitrogens with two attached hydrogens (primary N) is 1. The molecule has 0 saturated heterocycles. The fraction of sp³-hybridized carbons (Fsp3) is 0.429. The van der Waals surface area contributed by atoms with Gasteiger partial charge < -0.3 is 11.1 Å². The third-order valence-corrected chi connectivity index (χ3v) is 3.81. The van der Waals surface area contributed by atoms with Gasteiger partial charge in [0, 0.05) is 17.6 Å². The molecular formula is C14H18N4O. The molecule has 0 bridgehead atoms. The maximum atomic E-state index is 12.1. The van der Waals surface area contributed by atoms with E-state index in [-0.39, 0.29) is 5.91 Å². The molecule has 1 saturated carbocycles. The average molecular weight is 258 g/mol. The third-order valence-electron chi connectivity index (χ3n) is 3.81. The van der Waals surface area contributed by atoms with E-state index in [1.165, 1.54) is 12.8 Å². The Morgan fingerprint density at radius 2 is 2.37 bits per heavy atom. The number of carbonyl (C=O) groups excluding carboxylic acids is 1. The minimum absolute atomic E-state index is 0.135. The van der Waals surface area contributed by atoms with Gasteiger partial charge in [0.15, 0.2) is 5.69 Å². The normalized spacial score (nSPS) is 16.5. The van der Waals surface area contributed by atoms with Crippen LogP contribution in [0, 0.1) is 11.8 Å². The van der Waals surface area contributed by atoms with Crippen LogP contribution < -0.4 is 11.1 Å². The van der Waals surface area contributed by atoms with Crippen LogP contribution in [0.15, 0.2) is 18.2 Å². The Labute approximate surface area is 111 Å². The number of rotatable bonds is 4. The third kappa shape index (κ3) is 2.41. The fourth-order valence-corrected chi connectivity index (χ4v) is 2.37. The summed E-state index contributed by atoms with van der Waals surface area (Å²) >= 11 is 0. The smallest absolute Gasteiger partial charge is 0.272 e. The molecule has 5 nitrogen and oxygen atoms in total. The summed E-state index contributed by atoms with van der Waals surface area (Å²) in [5.74, 6) is 1.19. The Balaban J connectivity index is 1.75. The number of nitrogen functional groups attached to an aromatic ring is 1. The molecule has 1 aromatic heterocycles. The maximum absolute atomic E-state index is 12.1. The van der Waals surface area contributed by atoms with E-state index in [1.54, 1.807) is 12.1 Å². The monoisotopic (exact) mass is 258 g/mol. The summed E-state index contributed by atoms with van der Waals surface area (Å²) in [6.07, 6.45) is 2.58. The number of amides is 1. The van der Waals surface area contributed by atoms with Crippen LogP contribution in [0.4, 0.5) is 5.69 Å². The molecule has 1 aliphatic carbocycles. The number of benzene rings is 1. The lowest BCUT2D eigenvalue weighted by Crippen LogP contribution is -2.29. The summed E-state index contributed by atoms with van der Waals surface area (Å²) in [5.41, 5.74) is 7.63. The zero-order valence-corrected chi connectivity index (χ0v) is 10.9. The standard InChI is InChI=1S/C14H18N4O/c1-8(9-2-3-9)7-16-14(19)13-11-6-10(15)4-5-12(11)17-18-13/h4-6,8-9H,2-3,7,15H2,1H3,(H,16,19)(H,17,18). The van der Waals surface area contributed by atoms with Crippen molar-refractivity contribution in [3.8, 4) is 0 Å². The number of carbonyl (C=O) groups is 1. The number of hydrogen-bond donors (Lipinski definition) is 3. The van der Waals surface area contributed by atoms with Gasteiger partial charge in [0.1, 0.15) is 0 Å². The summed E-state index contributed by atoms with van der Waals surface area (Å²) in [6, 6.07) is 5.40. The average Bonchev–Trinajstić information content (AvgIpc) is 3.16. The van der Waals surface area contributed by atoms with Crippen molar-refractivity contribution in [2.75, 3.05) is 12.3 Å². The van der Waals surface area contributed by atoms with E-state index in [1.807, 2.05) is 6.07 Å². The van der Waals surface area contributed by atoms with Crippen LogP contribution in [0.25, 0.3) is 10.9 Å². The lowest BCUT2D eigenvalue weighted by atomic mass is 10.1. The second-order valence-corrected chi connectivity index (χ2v) is 5.40. The molecule has 1 amide bonds. The van der Waals surface area contributed by atoms with E-state index >= 15 is 0 Å². The van der Waals surface area contributed by atoms with Gasteiger partial charge in [-0.15, -0.1) is 0 Å². The van der Waals surface area contributed by atoms with Gasteiger partial charge in [0.2, 0.25) is 0 Å². The number of nitrogens with zero attached hydrogens (tertiary/aromatic N) is 1. The number of nitrogens with one attached hydrogen (secondary N) is 2. The Hall–Kier alpha value is -2.04. The molecule has 1 aromatic carbocycles. The van der Waals surface area contributed by atoms with Crippen molar-refractivity contribution >= 4 is 22.5 Å². The Morgan fingerprint density at radius 1 is 1.58 bits per heavy atom. The molecular weight excluding hydrogens is 240 g/mol. The topological polar surface area (TPSA) is 83.8 Å². The highest BCUT2D eigenvalue weighted by Crippen LogP contribution is 2.36. The second-order valence-electron chi connectivity index (χ2n) is 5.40. The van der Waals surface area contributed by atoms with Crippen molar-refractivity contribution in [3.05, 3.63) is 23.9 Å². The van der Waals surface area contributed by atoms with E-state index in [0.717, 1.165) is 16.8 Å². The van der Waals surface area contributed by atoms with Gasteiger partial charge in [0.05, 0.1) is 5.52 Å². The number of aromatic amines is 1. The number of anilines is 1. The first-order chi connectivity index (χ1) is 9.15. The van der Waals surface area contributed by atoms with Gasteiger partial charge >= 0.3 is 0 Å². The first-order valence-corrected chi connectivity index (χ1v) is 6.67. The highest BCUT2D eigenvalue weighted by Gasteiger charge is 2.28. The molecule has 1 aliphatic rings. The van der Waals surface area contributed by atoms with Crippen molar-refractivity contribution in [1.82, 2.24) is 15.5 Å². The van der Waals surface area contributed by atoms with Crippen molar-refractivity contribution in [1.29, 1.82) is 0 Å². The van der Waals surface area contributed by atoms with Crippen molar-refractivity contribution in [3.63, 3.8) is 0 Å². The zero-order valence-electron chi connectivity index (χ0n) is 10.9. The van der Waals surface area contributed by atoms with Crippen molar-refractivity contribution in [2.24, 2.45) is 11.8 Å². The molecule has 0 spiro atoms. The molecule has 5 heteroatoms. The minimum Gasteiger partial charge on any atom is -0.399 e. The molecule has 100 valence electrons. The van der Waals surface area contributed by atoms with Crippen molar-refractivity contribution in [2.45, 2.75) is 19.8 Å². The Bertz CT molecular complexity index is 615. The Kier molecular flexibility index (Phi) is 2.89. The molecule has 0 radical (unpaired) electrons. The minimum atomic E-state index is -0.135. The first kappa shape index (κ1) is 12.0. The van der Waals surface area contributed by atoms with E-state index < -0.39 is 0 Å². The number of fused-ring (bicyclic) bond motifs is 1. The Morgan fingerprint density at radius 3 is 3.11 bits per heavy atom. The zero-order chi connectivity index (χ0) is 13.4. The number of hydrogen-bond acceptors (Lipinski definition) is 3. The molecule has 1 unspecified atom stereocenters. The SMILES string of the molecule is CC(CNC(=O)c1n[nH]c2ccc(N)cc12)C1CC1. The lowest BCUT2D eigenvalue weighted by molar-refractivity contribution is 0.0943. The van der Waals surface area contributed by atoms with Crippen LogP contribution in [0.1, 0.15) is 30.3 Å². The summed E-state index contributed by atoms with van der Waals surface area (Å²) < 4.78 is 0. The summed E-state index contributed by atoms with van der Waals surface area (Å²) in [4.78, 5) is 12.1. The van der Waals surface area contributed by atoms with Crippen molar-refractivity contribution < 1.29 is 4.79 Å². The van der Waals surface area contributed by atoms with Gasteiger partial charge in [0.25, 0.3) is 5.91 Å². The second kappa shape index (κ2) is 4.57. The maximum Gasteiger partial charge on any atom is 0.272 e. The van der Waals surface area contributed by atoms with Gasteiger partial charge in [-0.2, -0.15) is 5.10 Å². The first-order valence-electron chi connectivity index (χ1n) is 6.67. The van der Waals surface area contributed by atoms with Gasteiger partial charge in [-0.3, -0.25) is 9.89 Å². The molecule has 0 aliphatic heterocycles. The van der Waals surface area contributed by atoms with Crippen LogP contribution >= 0.6 is 0 Å². The number of H-pyrrole nitrogens is 1. The molecule has 1 atom stereocenters. The van der Waals surface area contributed by atoms with Crippen LogP contribution in [-0.4, -0.2) is 22.6 Å². The number of aromatic nitrogens is 2. The summed E-state index contributed by atoms with van der Waals surface area (Å²) in [7, 11) is 0. The molecule has 3 rings (SSSR count). The molecule has 1 heterocycles. The molecule has 2 aromatic rings. The van der Waals surface area contributed by atoms with E-state index in [2.05, 4.69) is 22.4 Å². The van der Waals surface area contributed by atoms with Gasteiger partial charge in [-0.25, -0.2) is 0 Å². The van der Waals surface area contributed by atoms with E-state index in [0.29, 0.717) is 23.8 Å². The van der Waals surface area contributed by atoms with Crippen LogP contribution in [-0.2, 0) is 0 Å². The molecule has 1 fully saturated rings. The highest BCUT2D eigenvalue weighted by atomic mass is 16.1. The lowest BCUT2D eigenvalue weighted by Gasteiger charge is -2.10. The fourth-order valence-electron chi connectivity index (χ4n) is 2.37. The highest BCUT2D eigenvalue weighted by molar-refractivity contribution is 6.05. The predicted octanol–water partition coefficient (Wildman–Crippen LogP) is 1.92. The largest absolute Gasteiger partial charge is 0.399 e. The van der Waals surface area contributed by atoms with E-state index in [9.17, 15) is 4.79 Å². The summed E-state index contributed by atoms with van der Waals surface area (Å²) in [5, 5.41) is 10.7. The van der Waals surface area contributed by atoms with Crippen LogP contribution in [0.5, 0.6) is 0 Å².